The summed E-state index contributed by atoms with van der Waals surface area (Å²) in [5.41, 5.74) is 3.05. The van der Waals surface area contributed by atoms with Crippen molar-refractivity contribution < 1.29 is 9.53 Å². The second-order valence-corrected chi connectivity index (χ2v) is 7.20. The Morgan fingerprint density at radius 3 is 2.26 bits per heavy atom. The Morgan fingerprint density at radius 1 is 1.04 bits per heavy atom. The lowest BCUT2D eigenvalue weighted by Crippen LogP contribution is -2.48. The maximum absolute atomic E-state index is 12.6. The molecule has 0 spiro atoms. The van der Waals surface area contributed by atoms with Gasteiger partial charge in [-0.1, -0.05) is 29.8 Å². The zero-order valence-corrected chi connectivity index (χ0v) is 16.4. The normalized spacial score (nSPS) is 16.7. The van der Waals surface area contributed by atoms with Crippen LogP contribution in [0.3, 0.4) is 0 Å². The van der Waals surface area contributed by atoms with E-state index < -0.39 is 0 Å². The van der Waals surface area contributed by atoms with Crippen molar-refractivity contribution in [3.05, 3.63) is 65.2 Å². The van der Waals surface area contributed by atoms with Gasteiger partial charge in [-0.15, -0.1) is 0 Å². The van der Waals surface area contributed by atoms with Gasteiger partial charge >= 0.3 is 0 Å². The first-order valence-corrected chi connectivity index (χ1v) is 9.48. The van der Waals surface area contributed by atoms with Crippen LogP contribution >= 0.6 is 0 Å². The van der Waals surface area contributed by atoms with E-state index in [1.54, 1.807) is 7.11 Å². The second kappa shape index (κ2) is 9.02. The largest absolute Gasteiger partial charge is 0.497 e. The highest BCUT2D eigenvalue weighted by molar-refractivity contribution is 5.94. The summed E-state index contributed by atoms with van der Waals surface area (Å²) in [5, 5.41) is 3.13. The van der Waals surface area contributed by atoms with Gasteiger partial charge in [0.05, 0.1) is 13.2 Å². The molecule has 1 aliphatic heterocycles. The van der Waals surface area contributed by atoms with Crippen LogP contribution in [0.5, 0.6) is 5.75 Å². The minimum atomic E-state index is -0.0253. The highest BCUT2D eigenvalue weighted by Crippen LogP contribution is 2.24. The molecule has 144 valence electrons. The fourth-order valence-electron chi connectivity index (χ4n) is 3.41. The summed E-state index contributed by atoms with van der Waals surface area (Å²) in [6.07, 6.45) is 0. The van der Waals surface area contributed by atoms with E-state index in [-0.39, 0.29) is 11.9 Å². The number of nitrogens with zero attached hydrogens (tertiary/aromatic N) is 2. The first-order chi connectivity index (χ1) is 13.1. The minimum Gasteiger partial charge on any atom is -0.497 e. The predicted molar refractivity (Wildman–Crippen MR) is 108 cm³/mol. The summed E-state index contributed by atoms with van der Waals surface area (Å²) in [7, 11) is 3.83. The first kappa shape index (κ1) is 19.4. The van der Waals surface area contributed by atoms with E-state index in [0.29, 0.717) is 12.1 Å². The molecule has 0 bridgehead atoms. The van der Waals surface area contributed by atoms with Crippen LogP contribution in [-0.4, -0.2) is 62.6 Å². The molecule has 1 N–H and O–H groups in total. The molecule has 5 heteroatoms. The van der Waals surface area contributed by atoms with Crippen molar-refractivity contribution in [2.75, 3.05) is 46.9 Å². The number of carbonyl (C=O) groups excluding carboxylic acids is 1. The van der Waals surface area contributed by atoms with Crippen LogP contribution in [0, 0.1) is 6.92 Å². The Balaban J connectivity index is 1.72. The van der Waals surface area contributed by atoms with Crippen molar-refractivity contribution >= 4 is 5.91 Å². The maximum atomic E-state index is 12.6. The molecule has 1 unspecified atom stereocenters. The molecule has 1 atom stereocenters. The SMILES string of the molecule is COc1ccc(C(CNC(=O)c2ccc(C)cc2)N2CCN(C)CC2)cc1. The summed E-state index contributed by atoms with van der Waals surface area (Å²) < 4.78 is 5.28. The Kier molecular flexibility index (Phi) is 6.48. The van der Waals surface area contributed by atoms with Crippen LogP contribution in [0.15, 0.2) is 48.5 Å². The number of carbonyl (C=O) groups is 1. The zero-order chi connectivity index (χ0) is 19.2. The molecule has 27 heavy (non-hydrogen) atoms. The average molecular weight is 367 g/mol. The molecule has 5 nitrogen and oxygen atoms in total. The Bertz CT molecular complexity index is 735. The number of piperazine rings is 1. The molecule has 1 heterocycles. The minimum absolute atomic E-state index is 0.0253. The first-order valence-electron chi connectivity index (χ1n) is 9.48. The van der Waals surface area contributed by atoms with Crippen molar-refractivity contribution in [2.45, 2.75) is 13.0 Å². The van der Waals surface area contributed by atoms with Crippen LogP contribution in [0.4, 0.5) is 0 Å². The smallest absolute Gasteiger partial charge is 0.251 e. The van der Waals surface area contributed by atoms with Gasteiger partial charge in [0, 0.05) is 38.3 Å². The van der Waals surface area contributed by atoms with Gasteiger partial charge in [-0.2, -0.15) is 0 Å². The second-order valence-electron chi connectivity index (χ2n) is 7.20. The van der Waals surface area contributed by atoms with Crippen molar-refractivity contribution in [2.24, 2.45) is 0 Å². The lowest BCUT2D eigenvalue weighted by molar-refractivity contribution is 0.0886. The number of hydrogen-bond acceptors (Lipinski definition) is 4. The number of hydrogen-bond donors (Lipinski definition) is 1. The number of nitrogens with one attached hydrogen (secondary N) is 1. The fourth-order valence-corrected chi connectivity index (χ4v) is 3.41. The number of likely N-dealkylation sites (N-methyl/N-ethyl adjacent to an activating group) is 1. The number of methoxy groups -OCH3 is 1. The monoisotopic (exact) mass is 367 g/mol. The van der Waals surface area contributed by atoms with Crippen molar-refractivity contribution in [3.63, 3.8) is 0 Å². The van der Waals surface area contributed by atoms with E-state index in [1.807, 2.05) is 43.3 Å². The standard InChI is InChI=1S/C22H29N3O2/c1-17-4-6-19(7-5-17)22(26)23-16-21(25-14-12-24(2)13-15-25)18-8-10-20(27-3)11-9-18/h4-11,21H,12-16H2,1-3H3,(H,23,26). The topological polar surface area (TPSA) is 44.8 Å². The zero-order valence-electron chi connectivity index (χ0n) is 16.4. The number of amides is 1. The van der Waals surface area contributed by atoms with Crippen LogP contribution < -0.4 is 10.1 Å². The average Bonchev–Trinajstić information content (AvgIpc) is 2.70. The van der Waals surface area contributed by atoms with Gasteiger partial charge in [0.2, 0.25) is 0 Å². The molecular weight excluding hydrogens is 338 g/mol. The Hall–Kier alpha value is -2.37. The lowest BCUT2D eigenvalue weighted by Gasteiger charge is -2.38. The quantitative estimate of drug-likeness (QED) is 0.853. The summed E-state index contributed by atoms with van der Waals surface area (Å²) in [6.45, 7) is 6.68. The predicted octanol–water partition coefficient (Wildman–Crippen LogP) is 2.72. The summed E-state index contributed by atoms with van der Waals surface area (Å²) in [6, 6.07) is 16.0. The molecule has 0 radical (unpaired) electrons. The van der Waals surface area contributed by atoms with Gasteiger partial charge in [0.25, 0.3) is 5.91 Å². The van der Waals surface area contributed by atoms with Gasteiger partial charge in [-0.3, -0.25) is 9.69 Å². The van der Waals surface area contributed by atoms with E-state index in [9.17, 15) is 4.79 Å². The molecule has 1 fully saturated rings. The molecule has 1 aliphatic rings. The third-order valence-electron chi connectivity index (χ3n) is 5.25. The van der Waals surface area contributed by atoms with Crippen LogP contribution in [0.25, 0.3) is 0 Å². The number of rotatable bonds is 6. The molecule has 2 aromatic rings. The molecule has 1 saturated heterocycles. The highest BCUT2D eigenvalue weighted by Gasteiger charge is 2.24. The number of benzene rings is 2. The molecule has 3 rings (SSSR count). The van der Waals surface area contributed by atoms with Gasteiger partial charge < -0.3 is 15.0 Å². The number of aryl methyl sites for hydroxylation is 1. The molecule has 1 amide bonds. The lowest BCUT2D eigenvalue weighted by atomic mass is 10.0. The van der Waals surface area contributed by atoms with Gasteiger partial charge in [0.15, 0.2) is 0 Å². The van der Waals surface area contributed by atoms with Gasteiger partial charge in [-0.05, 0) is 43.8 Å². The molecule has 0 saturated carbocycles. The van der Waals surface area contributed by atoms with Crippen molar-refractivity contribution in [3.8, 4) is 5.75 Å². The van der Waals surface area contributed by atoms with E-state index in [4.69, 9.17) is 4.74 Å². The van der Waals surface area contributed by atoms with Crippen LogP contribution in [0.2, 0.25) is 0 Å². The summed E-state index contributed by atoms with van der Waals surface area (Å²) in [5.74, 6) is 0.821. The van der Waals surface area contributed by atoms with E-state index in [1.165, 1.54) is 5.56 Å². The summed E-state index contributed by atoms with van der Waals surface area (Å²) >= 11 is 0. The van der Waals surface area contributed by atoms with Crippen molar-refractivity contribution in [1.82, 2.24) is 15.1 Å². The van der Waals surface area contributed by atoms with E-state index >= 15 is 0 Å². The van der Waals surface area contributed by atoms with E-state index in [2.05, 4.69) is 34.3 Å². The Labute approximate surface area is 161 Å². The van der Waals surface area contributed by atoms with Gasteiger partial charge in [0.1, 0.15) is 5.75 Å². The van der Waals surface area contributed by atoms with Crippen LogP contribution in [-0.2, 0) is 0 Å². The Morgan fingerprint density at radius 2 is 1.67 bits per heavy atom. The molecule has 2 aromatic carbocycles. The number of ether oxygens (including phenoxy) is 1. The third kappa shape index (κ3) is 5.08. The third-order valence-corrected chi connectivity index (χ3v) is 5.25. The molecule has 0 aliphatic carbocycles. The van der Waals surface area contributed by atoms with Crippen molar-refractivity contribution in [1.29, 1.82) is 0 Å². The van der Waals surface area contributed by atoms with E-state index in [0.717, 1.165) is 37.5 Å². The highest BCUT2D eigenvalue weighted by atomic mass is 16.5. The molecule has 0 aromatic heterocycles. The van der Waals surface area contributed by atoms with Crippen LogP contribution in [0.1, 0.15) is 27.5 Å². The molecular formula is C22H29N3O2. The summed E-state index contributed by atoms with van der Waals surface area (Å²) in [4.78, 5) is 17.4. The van der Waals surface area contributed by atoms with Gasteiger partial charge in [-0.25, -0.2) is 0 Å². The fraction of sp³-hybridized carbons (Fsp3) is 0.409. The maximum Gasteiger partial charge on any atom is 0.251 e.